The zero-order valence-corrected chi connectivity index (χ0v) is 14.8. The van der Waals surface area contributed by atoms with Crippen LogP contribution in [0.4, 0.5) is 0 Å². The van der Waals surface area contributed by atoms with Crippen LogP contribution in [0, 0.1) is 0 Å². The fourth-order valence-corrected chi connectivity index (χ4v) is 4.36. The van der Waals surface area contributed by atoms with Crippen molar-refractivity contribution in [2.75, 3.05) is 0 Å². The molecule has 3 heterocycles. The number of hydrogen-bond acceptors (Lipinski definition) is 4. The number of allylic oxidation sites excluding steroid dienone is 1. The molecule has 0 amide bonds. The summed E-state index contributed by atoms with van der Waals surface area (Å²) in [4.78, 5) is 8.61. The predicted molar refractivity (Wildman–Crippen MR) is 104 cm³/mol. The fourth-order valence-electron chi connectivity index (χ4n) is 3.72. The van der Waals surface area contributed by atoms with Crippen molar-refractivity contribution in [2.24, 2.45) is 0 Å². The summed E-state index contributed by atoms with van der Waals surface area (Å²) in [6, 6.07) is 14.8. The Balaban J connectivity index is 1.67. The highest BCUT2D eigenvalue weighted by atomic mass is 32.1. The second kappa shape index (κ2) is 6.04. The van der Waals surface area contributed by atoms with Gasteiger partial charge in [-0.2, -0.15) is 5.10 Å². The van der Waals surface area contributed by atoms with Gasteiger partial charge in [-0.25, -0.2) is 4.98 Å². The van der Waals surface area contributed by atoms with Gasteiger partial charge in [0.25, 0.3) is 0 Å². The summed E-state index contributed by atoms with van der Waals surface area (Å²) in [5.74, 6) is 0. The highest BCUT2D eigenvalue weighted by molar-refractivity contribution is 7.13. The number of pyridine rings is 1. The van der Waals surface area contributed by atoms with E-state index in [2.05, 4.69) is 74.8 Å². The van der Waals surface area contributed by atoms with Gasteiger partial charge >= 0.3 is 0 Å². The van der Waals surface area contributed by atoms with Crippen LogP contribution in [-0.4, -0.2) is 20.2 Å². The average molecular weight is 356 g/mol. The number of benzene rings is 1. The number of nitrogens with zero attached hydrogens (tertiary/aromatic N) is 3. The van der Waals surface area contributed by atoms with Crippen LogP contribution in [0.3, 0.4) is 0 Å². The van der Waals surface area contributed by atoms with Crippen LogP contribution in [0.15, 0.2) is 72.5 Å². The predicted octanol–water partition coefficient (Wildman–Crippen LogP) is 4.48. The van der Waals surface area contributed by atoms with Crippen molar-refractivity contribution in [1.82, 2.24) is 20.2 Å². The third-order valence-electron chi connectivity index (χ3n) is 4.99. The Bertz CT molecular complexity index is 1010. The molecule has 4 aromatic rings. The van der Waals surface area contributed by atoms with Gasteiger partial charge in [-0.3, -0.25) is 10.1 Å². The summed E-state index contributed by atoms with van der Waals surface area (Å²) in [7, 11) is 0. The van der Waals surface area contributed by atoms with Gasteiger partial charge in [-0.1, -0.05) is 42.5 Å². The van der Waals surface area contributed by atoms with E-state index in [-0.39, 0.29) is 5.41 Å². The second-order valence-electron chi connectivity index (χ2n) is 6.39. The first-order valence-electron chi connectivity index (χ1n) is 8.49. The van der Waals surface area contributed by atoms with Gasteiger partial charge in [0, 0.05) is 47.1 Å². The Morgan fingerprint density at radius 3 is 2.54 bits per heavy atom. The van der Waals surface area contributed by atoms with Gasteiger partial charge in [0.05, 0.1) is 0 Å². The van der Waals surface area contributed by atoms with Gasteiger partial charge in [-0.05, 0) is 23.3 Å². The molecule has 5 heteroatoms. The Morgan fingerprint density at radius 1 is 0.962 bits per heavy atom. The first-order valence-corrected chi connectivity index (χ1v) is 9.37. The first kappa shape index (κ1) is 15.2. The molecule has 0 radical (unpaired) electrons. The number of hydrogen-bond donors (Lipinski definition) is 1. The number of fused-ring (bicyclic) bond motifs is 1. The third kappa shape index (κ3) is 2.32. The van der Waals surface area contributed by atoms with E-state index in [0.29, 0.717) is 0 Å². The summed E-state index contributed by atoms with van der Waals surface area (Å²) in [5.41, 5.74) is 5.47. The van der Waals surface area contributed by atoms with E-state index < -0.39 is 0 Å². The lowest BCUT2D eigenvalue weighted by atomic mass is 9.68. The summed E-state index contributed by atoms with van der Waals surface area (Å²) >= 11 is 1.61. The molecule has 5 rings (SSSR count). The lowest BCUT2D eigenvalue weighted by Gasteiger charge is -2.34. The SMILES string of the molecule is C1=CC(c2ccccc2)(c2ccncc2)Cc2[nH]nc(-c3nccs3)c21. The second-order valence-corrected chi connectivity index (χ2v) is 7.28. The van der Waals surface area contributed by atoms with Crippen LogP contribution in [-0.2, 0) is 11.8 Å². The lowest BCUT2D eigenvalue weighted by Crippen LogP contribution is -2.30. The first-order chi connectivity index (χ1) is 12.9. The smallest absolute Gasteiger partial charge is 0.144 e. The molecule has 3 aromatic heterocycles. The van der Waals surface area contributed by atoms with Crippen LogP contribution in [0.1, 0.15) is 22.4 Å². The minimum Gasteiger partial charge on any atom is -0.281 e. The molecule has 0 fully saturated rings. The molecule has 1 aliphatic rings. The lowest BCUT2D eigenvalue weighted by molar-refractivity contribution is 0.619. The number of thiazole rings is 1. The van der Waals surface area contributed by atoms with E-state index in [0.717, 1.165) is 28.4 Å². The van der Waals surface area contributed by atoms with E-state index in [1.54, 1.807) is 11.3 Å². The number of rotatable bonds is 3. The van der Waals surface area contributed by atoms with Crippen molar-refractivity contribution in [3.05, 3.63) is 94.9 Å². The van der Waals surface area contributed by atoms with Crippen LogP contribution < -0.4 is 0 Å². The number of aromatic nitrogens is 4. The molecule has 0 bridgehead atoms. The molecule has 0 spiro atoms. The largest absolute Gasteiger partial charge is 0.281 e. The Kier molecular flexibility index (Phi) is 3.53. The van der Waals surface area contributed by atoms with Crippen LogP contribution in [0.2, 0.25) is 0 Å². The topological polar surface area (TPSA) is 54.5 Å². The quantitative estimate of drug-likeness (QED) is 0.589. The molecule has 0 saturated heterocycles. The summed E-state index contributed by atoms with van der Waals surface area (Å²) in [5, 5.41) is 10.7. The normalized spacial score (nSPS) is 18.6. The molecular weight excluding hydrogens is 340 g/mol. The average Bonchev–Trinajstić information content (AvgIpc) is 3.38. The molecule has 1 unspecified atom stereocenters. The third-order valence-corrected chi connectivity index (χ3v) is 5.77. The van der Waals surface area contributed by atoms with Crippen molar-refractivity contribution >= 4 is 17.4 Å². The van der Waals surface area contributed by atoms with Crippen LogP contribution in [0.5, 0.6) is 0 Å². The van der Waals surface area contributed by atoms with Gasteiger partial charge < -0.3 is 0 Å². The van der Waals surface area contributed by atoms with Crippen molar-refractivity contribution in [1.29, 1.82) is 0 Å². The summed E-state index contributed by atoms with van der Waals surface area (Å²) in [6.07, 6.45) is 10.8. The molecule has 26 heavy (non-hydrogen) atoms. The van der Waals surface area contributed by atoms with Crippen molar-refractivity contribution in [2.45, 2.75) is 11.8 Å². The molecule has 0 aliphatic heterocycles. The van der Waals surface area contributed by atoms with E-state index in [1.807, 2.05) is 24.0 Å². The minimum atomic E-state index is -0.232. The zero-order valence-electron chi connectivity index (χ0n) is 14.0. The number of nitrogens with one attached hydrogen (secondary N) is 1. The van der Waals surface area contributed by atoms with Crippen molar-refractivity contribution in [3.8, 4) is 10.7 Å². The summed E-state index contributed by atoms with van der Waals surface area (Å²) < 4.78 is 0. The number of H-pyrrole nitrogens is 1. The Morgan fingerprint density at radius 2 is 1.77 bits per heavy atom. The molecule has 1 aromatic carbocycles. The molecule has 1 N–H and O–H groups in total. The molecule has 1 atom stereocenters. The standard InChI is InChI=1S/C21H16N4S/c1-2-4-15(5-3-1)21(16-7-10-22-11-8-16)9-6-17-18(14-21)24-25-19(17)20-23-12-13-26-20/h1-13H,14H2,(H,24,25). The number of aromatic amines is 1. The van der Waals surface area contributed by atoms with E-state index >= 15 is 0 Å². The Labute approximate surface area is 155 Å². The van der Waals surface area contributed by atoms with E-state index in [1.165, 1.54) is 11.1 Å². The van der Waals surface area contributed by atoms with E-state index in [9.17, 15) is 0 Å². The minimum absolute atomic E-state index is 0.232. The summed E-state index contributed by atoms with van der Waals surface area (Å²) in [6.45, 7) is 0. The highest BCUT2D eigenvalue weighted by Crippen LogP contribution is 2.42. The van der Waals surface area contributed by atoms with E-state index in [4.69, 9.17) is 0 Å². The molecule has 4 nitrogen and oxygen atoms in total. The maximum Gasteiger partial charge on any atom is 0.144 e. The zero-order chi connectivity index (χ0) is 17.4. The molecule has 126 valence electrons. The molecule has 1 aliphatic carbocycles. The van der Waals surface area contributed by atoms with Gasteiger partial charge in [0.2, 0.25) is 0 Å². The van der Waals surface area contributed by atoms with Crippen molar-refractivity contribution in [3.63, 3.8) is 0 Å². The van der Waals surface area contributed by atoms with Gasteiger partial charge in [-0.15, -0.1) is 11.3 Å². The van der Waals surface area contributed by atoms with Crippen LogP contribution >= 0.6 is 11.3 Å². The van der Waals surface area contributed by atoms with Gasteiger partial charge in [0.1, 0.15) is 10.7 Å². The molecular formula is C21H16N4S. The Hall–Kier alpha value is -3.05. The molecule has 0 saturated carbocycles. The fraction of sp³-hybridized carbons (Fsp3) is 0.0952. The monoisotopic (exact) mass is 356 g/mol. The van der Waals surface area contributed by atoms with Crippen molar-refractivity contribution < 1.29 is 0 Å². The maximum absolute atomic E-state index is 4.55. The maximum atomic E-state index is 4.55. The van der Waals surface area contributed by atoms with Crippen LogP contribution in [0.25, 0.3) is 16.8 Å². The van der Waals surface area contributed by atoms with Gasteiger partial charge in [0.15, 0.2) is 0 Å². The highest BCUT2D eigenvalue weighted by Gasteiger charge is 2.36.